The molecule has 0 aliphatic carbocycles. The zero-order valence-electron chi connectivity index (χ0n) is 18.4. The van der Waals surface area contributed by atoms with Crippen LogP contribution in [0.1, 0.15) is 51.5 Å². The number of hydrogen-bond acceptors (Lipinski definition) is 3. The number of nitrogens with one attached hydrogen (secondary N) is 2. The fourth-order valence-corrected chi connectivity index (χ4v) is 4.71. The third-order valence-electron chi connectivity index (χ3n) is 6.47. The van der Waals surface area contributed by atoms with Gasteiger partial charge in [0.2, 0.25) is 0 Å². The molecule has 0 bridgehead atoms. The highest BCUT2D eigenvalue weighted by Crippen LogP contribution is 2.20. The summed E-state index contributed by atoms with van der Waals surface area (Å²) in [6, 6.07) is 12.5. The SMILES string of the molecule is CCN1CCCCC1CNC(=NC)NC1CCN(Cc2ccccc2)C(C)C1.I. The van der Waals surface area contributed by atoms with Crippen molar-refractivity contribution in [3.8, 4) is 0 Å². The van der Waals surface area contributed by atoms with Gasteiger partial charge in [0, 0.05) is 44.8 Å². The fourth-order valence-electron chi connectivity index (χ4n) is 4.71. The van der Waals surface area contributed by atoms with E-state index in [-0.39, 0.29) is 24.0 Å². The van der Waals surface area contributed by atoms with Crippen LogP contribution < -0.4 is 10.6 Å². The molecule has 0 saturated carbocycles. The summed E-state index contributed by atoms with van der Waals surface area (Å²) < 4.78 is 0. The Balaban J connectivity index is 0.00000300. The summed E-state index contributed by atoms with van der Waals surface area (Å²) in [6.45, 7) is 10.2. The first-order valence-electron chi connectivity index (χ1n) is 11.2. The molecule has 3 rings (SSSR count). The van der Waals surface area contributed by atoms with Crippen molar-refractivity contribution in [2.24, 2.45) is 4.99 Å². The van der Waals surface area contributed by atoms with Gasteiger partial charge in [-0.3, -0.25) is 14.8 Å². The number of nitrogens with zero attached hydrogens (tertiary/aromatic N) is 3. The van der Waals surface area contributed by atoms with Crippen molar-refractivity contribution in [3.63, 3.8) is 0 Å². The summed E-state index contributed by atoms with van der Waals surface area (Å²) in [6.07, 6.45) is 6.33. The van der Waals surface area contributed by atoms with E-state index in [9.17, 15) is 0 Å². The van der Waals surface area contributed by atoms with Crippen molar-refractivity contribution >= 4 is 29.9 Å². The van der Waals surface area contributed by atoms with E-state index in [4.69, 9.17) is 0 Å². The third-order valence-corrected chi connectivity index (χ3v) is 6.47. The molecule has 2 saturated heterocycles. The van der Waals surface area contributed by atoms with Gasteiger partial charge < -0.3 is 10.6 Å². The van der Waals surface area contributed by atoms with Crippen molar-refractivity contribution in [2.75, 3.05) is 33.2 Å². The maximum Gasteiger partial charge on any atom is 0.191 e. The molecule has 164 valence electrons. The van der Waals surface area contributed by atoms with Crippen LogP contribution in [0.5, 0.6) is 0 Å². The van der Waals surface area contributed by atoms with Crippen molar-refractivity contribution in [1.29, 1.82) is 0 Å². The Bertz CT molecular complexity index is 609. The quantitative estimate of drug-likeness (QED) is 0.346. The molecule has 3 unspecified atom stereocenters. The van der Waals surface area contributed by atoms with Gasteiger partial charge in [-0.05, 0) is 51.3 Å². The molecule has 2 fully saturated rings. The van der Waals surface area contributed by atoms with Crippen LogP contribution in [0.15, 0.2) is 35.3 Å². The zero-order valence-corrected chi connectivity index (χ0v) is 20.8. The normalized spacial score (nSPS) is 26.6. The lowest BCUT2D eigenvalue weighted by Crippen LogP contribution is -2.53. The van der Waals surface area contributed by atoms with E-state index < -0.39 is 0 Å². The van der Waals surface area contributed by atoms with Gasteiger partial charge in [-0.15, -0.1) is 24.0 Å². The predicted octanol–water partition coefficient (Wildman–Crippen LogP) is 3.70. The minimum absolute atomic E-state index is 0. The van der Waals surface area contributed by atoms with Crippen LogP contribution in [0.25, 0.3) is 0 Å². The minimum atomic E-state index is 0. The highest BCUT2D eigenvalue weighted by atomic mass is 127. The van der Waals surface area contributed by atoms with Gasteiger partial charge in [-0.2, -0.15) is 0 Å². The summed E-state index contributed by atoms with van der Waals surface area (Å²) in [5.41, 5.74) is 1.41. The van der Waals surface area contributed by atoms with E-state index in [1.54, 1.807) is 0 Å². The van der Waals surface area contributed by atoms with Crippen LogP contribution in [0.3, 0.4) is 0 Å². The second-order valence-electron chi connectivity index (χ2n) is 8.40. The van der Waals surface area contributed by atoms with E-state index in [0.29, 0.717) is 18.1 Å². The summed E-state index contributed by atoms with van der Waals surface area (Å²) in [7, 11) is 1.89. The number of hydrogen-bond donors (Lipinski definition) is 2. The fraction of sp³-hybridized carbons (Fsp3) is 0.696. The van der Waals surface area contributed by atoms with E-state index in [0.717, 1.165) is 38.6 Å². The number of aliphatic imine (C=N–C) groups is 1. The van der Waals surface area contributed by atoms with Crippen LogP contribution >= 0.6 is 24.0 Å². The van der Waals surface area contributed by atoms with Crippen molar-refractivity contribution < 1.29 is 0 Å². The van der Waals surface area contributed by atoms with Crippen molar-refractivity contribution in [2.45, 2.75) is 70.6 Å². The van der Waals surface area contributed by atoms with Gasteiger partial charge in [-0.1, -0.05) is 43.7 Å². The summed E-state index contributed by atoms with van der Waals surface area (Å²) in [5, 5.41) is 7.29. The smallest absolute Gasteiger partial charge is 0.191 e. The molecule has 29 heavy (non-hydrogen) atoms. The van der Waals surface area contributed by atoms with E-state index >= 15 is 0 Å². The Kier molecular flexibility index (Phi) is 10.7. The molecule has 0 amide bonds. The molecule has 0 aromatic heterocycles. The van der Waals surface area contributed by atoms with Gasteiger partial charge in [0.1, 0.15) is 0 Å². The van der Waals surface area contributed by atoms with Gasteiger partial charge >= 0.3 is 0 Å². The molecular formula is C23H40IN5. The molecule has 2 heterocycles. The lowest BCUT2D eigenvalue weighted by Gasteiger charge is -2.39. The van der Waals surface area contributed by atoms with Crippen LogP contribution in [0.2, 0.25) is 0 Å². The number of likely N-dealkylation sites (N-methyl/N-ethyl adjacent to an activating group) is 1. The molecule has 1 aromatic rings. The number of piperidine rings is 2. The van der Waals surface area contributed by atoms with Crippen molar-refractivity contribution in [3.05, 3.63) is 35.9 Å². The third kappa shape index (κ3) is 7.40. The standard InChI is InChI=1S/C23H39N5.HI/c1-4-27-14-9-8-12-22(27)17-25-23(24-3)26-21-13-15-28(19(2)16-21)18-20-10-6-5-7-11-20;/h5-7,10-11,19,21-22H,4,8-9,12-18H2,1-3H3,(H2,24,25,26);1H. The van der Waals surface area contributed by atoms with E-state index in [1.807, 2.05) is 7.05 Å². The average molecular weight is 514 g/mol. The predicted molar refractivity (Wildman–Crippen MR) is 134 cm³/mol. The van der Waals surface area contributed by atoms with Crippen molar-refractivity contribution in [1.82, 2.24) is 20.4 Å². The molecule has 2 N–H and O–H groups in total. The van der Waals surface area contributed by atoms with Crippen LogP contribution in [0.4, 0.5) is 0 Å². The maximum absolute atomic E-state index is 4.49. The molecule has 6 heteroatoms. The molecule has 5 nitrogen and oxygen atoms in total. The lowest BCUT2D eigenvalue weighted by molar-refractivity contribution is 0.134. The molecule has 2 aliphatic rings. The van der Waals surface area contributed by atoms with Gasteiger partial charge in [-0.25, -0.2) is 0 Å². The first-order chi connectivity index (χ1) is 13.7. The Morgan fingerprint density at radius 1 is 1.10 bits per heavy atom. The Morgan fingerprint density at radius 2 is 1.90 bits per heavy atom. The second-order valence-corrected chi connectivity index (χ2v) is 8.40. The van der Waals surface area contributed by atoms with Gasteiger partial charge in [0.25, 0.3) is 0 Å². The summed E-state index contributed by atoms with van der Waals surface area (Å²) in [4.78, 5) is 9.70. The first kappa shape index (κ1) is 24.4. The Hall–Kier alpha value is -0.860. The second kappa shape index (κ2) is 12.7. The van der Waals surface area contributed by atoms with Crippen LogP contribution in [-0.2, 0) is 6.54 Å². The minimum Gasteiger partial charge on any atom is -0.355 e. The highest BCUT2D eigenvalue weighted by Gasteiger charge is 2.26. The topological polar surface area (TPSA) is 42.9 Å². The molecule has 1 aromatic carbocycles. The van der Waals surface area contributed by atoms with E-state index in [2.05, 4.69) is 69.6 Å². The van der Waals surface area contributed by atoms with Gasteiger partial charge in [0.05, 0.1) is 0 Å². The number of benzene rings is 1. The number of likely N-dealkylation sites (tertiary alicyclic amines) is 2. The Labute approximate surface area is 194 Å². The molecule has 0 spiro atoms. The van der Waals surface area contributed by atoms with Crippen LogP contribution in [-0.4, -0.2) is 67.1 Å². The summed E-state index contributed by atoms with van der Waals surface area (Å²) in [5.74, 6) is 0.968. The largest absolute Gasteiger partial charge is 0.355 e. The summed E-state index contributed by atoms with van der Waals surface area (Å²) >= 11 is 0. The molecular weight excluding hydrogens is 473 g/mol. The zero-order chi connectivity index (χ0) is 19.8. The highest BCUT2D eigenvalue weighted by molar-refractivity contribution is 14.0. The average Bonchev–Trinajstić information content (AvgIpc) is 2.74. The molecule has 3 atom stereocenters. The molecule has 0 radical (unpaired) electrons. The lowest BCUT2D eigenvalue weighted by atomic mass is 9.97. The monoisotopic (exact) mass is 513 g/mol. The Morgan fingerprint density at radius 3 is 2.59 bits per heavy atom. The maximum atomic E-state index is 4.49. The van der Waals surface area contributed by atoms with E-state index in [1.165, 1.54) is 37.8 Å². The van der Waals surface area contributed by atoms with Gasteiger partial charge in [0.15, 0.2) is 5.96 Å². The molecule has 2 aliphatic heterocycles. The number of rotatable bonds is 6. The number of guanidine groups is 1. The van der Waals surface area contributed by atoms with Crippen LogP contribution in [0, 0.1) is 0 Å². The first-order valence-corrected chi connectivity index (χ1v) is 11.2. The number of halogens is 1.